The first-order chi connectivity index (χ1) is 11.2. The number of hydrogen-bond donors (Lipinski definition) is 1. The van der Waals surface area contributed by atoms with Crippen LogP contribution in [0.2, 0.25) is 0 Å². The fourth-order valence-corrected chi connectivity index (χ4v) is 3.27. The smallest absolute Gasteiger partial charge is 0.236 e. The Bertz CT molecular complexity index is 545. The summed E-state index contributed by atoms with van der Waals surface area (Å²) in [4.78, 5) is 16.7. The number of ether oxygens (including phenoxy) is 1. The maximum atomic E-state index is 12.5. The van der Waals surface area contributed by atoms with Gasteiger partial charge in [-0.1, -0.05) is 18.2 Å². The highest BCUT2D eigenvalue weighted by Gasteiger charge is 2.30. The summed E-state index contributed by atoms with van der Waals surface area (Å²) in [7, 11) is 3.63. The van der Waals surface area contributed by atoms with Crippen LogP contribution >= 0.6 is 0 Å². The highest BCUT2D eigenvalue weighted by molar-refractivity contribution is 5.78. The van der Waals surface area contributed by atoms with Crippen LogP contribution in [0.25, 0.3) is 0 Å². The number of nitrogens with zero attached hydrogens (tertiary/aromatic N) is 2. The molecule has 1 aliphatic heterocycles. The number of hydrogen-bond acceptors (Lipinski definition) is 4. The number of carbonyl (C=O) groups excluding carboxylic acids is 1. The van der Waals surface area contributed by atoms with Crippen molar-refractivity contribution in [2.75, 3.05) is 46.9 Å². The van der Waals surface area contributed by atoms with Crippen LogP contribution in [-0.4, -0.2) is 62.6 Å². The fraction of sp³-hybridized carbons (Fsp3) is 0.611. The zero-order chi connectivity index (χ0) is 16.2. The van der Waals surface area contributed by atoms with Crippen LogP contribution in [0, 0.1) is 5.92 Å². The minimum atomic E-state index is 0.179. The van der Waals surface area contributed by atoms with E-state index in [0.717, 1.165) is 43.4 Å². The molecule has 5 nitrogen and oxygen atoms in total. The number of piperazine rings is 1. The second-order valence-electron chi connectivity index (χ2n) is 6.65. The quantitative estimate of drug-likeness (QED) is 0.864. The Morgan fingerprint density at radius 1 is 1.39 bits per heavy atom. The number of methoxy groups -OCH3 is 1. The number of nitrogens with one attached hydrogen (secondary N) is 1. The average Bonchev–Trinajstić information content (AvgIpc) is 3.39. The zero-order valence-corrected chi connectivity index (χ0v) is 14.1. The second kappa shape index (κ2) is 7.32. The Balaban J connectivity index is 1.69. The summed E-state index contributed by atoms with van der Waals surface area (Å²) in [5, 5.41) is 3.44. The molecule has 1 unspecified atom stereocenters. The number of para-hydroxylation sites is 1. The van der Waals surface area contributed by atoms with Gasteiger partial charge in [0.15, 0.2) is 0 Å². The molecule has 1 N–H and O–H groups in total. The standard InChI is InChI=1S/C18H27N3O2/c1-20(12-14-7-8-14)18(22)13-21-10-9-19-11-16(21)15-5-3-4-6-17(15)23-2/h3-6,14,16,19H,7-13H2,1-2H3. The lowest BCUT2D eigenvalue weighted by Crippen LogP contribution is -2.50. The van der Waals surface area contributed by atoms with Crippen LogP contribution in [0.3, 0.4) is 0 Å². The third-order valence-electron chi connectivity index (χ3n) is 4.85. The van der Waals surface area contributed by atoms with Crippen molar-refractivity contribution in [3.05, 3.63) is 29.8 Å². The molecule has 1 aromatic carbocycles. The lowest BCUT2D eigenvalue weighted by Gasteiger charge is -2.37. The van der Waals surface area contributed by atoms with Crippen LogP contribution in [0.5, 0.6) is 5.75 Å². The van der Waals surface area contributed by atoms with Crippen molar-refractivity contribution in [3.8, 4) is 5.75 Å². The van der Waals surface area contributed by atoms with Gasteiger partial charge in [-0.25, -0.2) is 0 Å². The highest BCUT2D eigenvalue weighted by Crippen LogP contribution is 2.31. The molecule has 2 aliphatic rings. The molecule has 1 saturated carbocycles. The average molecular weight is 317 g/mol. The summed E-state index contributed by atoms with van der Waals surface area (Å²) in [6.07, 6.45) is 2.55. The van der Waals surface area contributed by atoms with Crippen LogP contribution in [-0.2, 0) is 4.79 Å². The van der Waals surface area contributed by atoms with Crippen LogP contribution in [0.4, 0.5) is 0 Å². The molecule has 1 amide bonds. The number of benzene rings is 1. The summed E-state index contributed by atoms with van der Waals surface area (Å²) in [5.41, 5.74) is 1.15. The fourth-order valence-electron chi connectivity index (χ4n) is 3.27. The summed E-state index contributed by atoms with van der Waals surface area (Å²) in [6, 6.07) is 8.28. The van der Waals surface area contributed by atoms with E-state index in [2.05, 4.69) is 16.3 Å². The summed E-state index contributed by atoms with van der Waals surface area (Å²) < 4.78 is 5.51. The molecule has 126 valence electrons. The van der Waals surface area contributed by atoms with Crippen molar-refractivity contribution in [1.29, 1.82) is 0 Å². The van der Waals surface area contributed by atoms with Crippen molar-refractivity contribution in [2.24, 2.45) is 5.92 Å². The molecular formula is C18H27N3O2. The Kier molecular flexibility index (Phi) is 5.18. The van der Waals surface area contributed by atoms with Gasteiger partial charge in [-0.2, -0.15) is 0 Å². The van der Waals surface area contributed by atoms with Crippen molar-refractivity contribution >= 4 is 5.91 Å². The normalized spacial score (nSPS) is 21.9. The molecule has 0 aromatic heterocycles. The summed E-state index contributed by atoms with van der Waals surface area (Å²) >= 11 is 0. The second-order valence-corrected chi connectivity index (χ2v) is 6.65. The van der Waals surface area contributed by atoms with E-state index in [9.17, 15) is 4.79 Å². The van der Waals surface area contributed by atoms with Crippen LogP contribution in [0.15, 0.2) is 24.3 Å². The topological polar surface area (TPSA) is 44.8 Å². The van der Waals surface area contributed by atoms with E-state index in [4.69, 9.17) is 4.74 Å². The number of likely N-dealkylation sites (N-methyl/N-ethyl adjacent to an activating group) is 1. The highest BCUT2D eigenvalue weighted by atomic mass is 16.5. The molecule has 3 rings (SSSR count). The first-order valence-electron chi connectivity index (χ1n) is 8.50. The maximum absolute atomic E-state index is 12.5. The Hall–Kier alpha value is -1.59. The van der Waals surface area contributed by atoms with Crippen molar-refractivity contribution in [3.63, 3.8) is 0 Å². The monoisotopic (exact) mass is 317 g/mol. The summed E-state index contributed by atoms with van der Waals surface area (Å²) in [5.74, 6) is 1.85. The van der Waals surface area contributed by atoms with E-state index in [1.807, 2.05) is 30.1 Å². The summed E-state index contributed by atoms with van der Waals surface area (Å²) in [6.45, 7) is 4.04. The molecule has 5 heteroatoms. The molecule has 1 aliphatic carbocycles. The Labute approximate surface area is 138 Å². The van der Waals surface area contributed by atoms with Crippen molar-refractivity contribution in [1.82, 2.24) is 15.1 Å². The zero-order valence-electron chi connectivity index (χ0n) is 14.1. The predicted molar refractivity (Wildman–Crippen MR) is 90.5 cm³/mol. The van der Waals surface area contributed by atoms with Gasteiger partial charge in [-0.15, -0.1) is 0 Å². The van der Waals surface area contributed by atoms with Gasteiger partial charge in [0, 0.05) is 38.8 Å². The van der Waals surface area contributed by atoms with Gasteiger partial charge >= 0.3 is 0 Å². The SMILES string of the molecule is COc1ccccc1C1CNCCN1CC(=O)N(C)CC1CC1. The largest absolute Gasteiger partial charge is 0.496 e. The van der Waals surface area contributed by atoms with Gasteiger partial charge in [0.05, 0.1) is 19.7 Å². The molecule has 0 bridgehead atoms. The first-order valence-corrected chi connectivity index (χ1v) is 8.50. The van der Waals surface area contributed by atoms with Gasteiger partial charge in [0.1, 0.15) is 5.75 Å². The molecule has 23 heavy (non-hydrogen) atoms. The third-order valence-corrected chi connectivity index (χ3v) is 4.85. The Morgan fingerprint density at radius 3 is 2.91 bits per heavy atom. The van der Waals surface area contributed by atoms with E-state index < -0.39 is 0 Å². The molecular weight excluding hydrogens is 290 g/mol. The van der Waals surface area contributed by atoms with Crippen molar-refractivity contribution < 1.29 is 9.53 Å². The molecule has 1 atom stereocenters. The first kappa shape index (κ1) is 16.3. The van der Waals surface area contributed by atoms with Crippen molar-refractivity contribution in [2.45, 2.75) is 18.9 Å². The number of carbonyl (C=O) groups is 1. The van der Waals surface area contributed by atoms with E-state index in [0.29, 0.717) is 6.54 Å². The predicted octanol–water partition coefficient (Wildman–Crippen LogP) is 1.51. The van der Waals surface area contributed by atoms with Gasteiger partial charge in [-0.05, 0) is 24.8 Å². The molecule has 1 aromatic rings. The van der Waals surface area contributed by atoms with Gasteiger partial charge in [-0.3, -0.25) is 9.69 Å². The third kappa shape index (κ3) is 4.03. The molecule has 1 heterocycles. The van der Waals surface area contributed by atoms with Crippen LogP contribution in [0.1, 0.15) is 24.4 Å². The Morgan fingerprint density at radius 2 is 2.17 bits per heavy atom. The van der Waals surface area contributed by atoms with Gasteiger partial charge in [0.2, 0.25) is 5.91 Å². The minimum Gasteiger partial charge on any atom is -0.496 e. The number of rotatable bonds is 6. The van der Waals surface area contributed by atoms with E-state index in [1.54, 1.807) is 7.11 Å². The van der Waals surface area contributed by atoms with E-state index in [1.165, 1.54) is 12.8 Å². The van der Waals surface area contributed by atoms with Gasteiger partial charge in [0.25, 0.3) is 0 Å². The lowest BCUT2D eigenvalue weighted by molar-refractivity contribution is -0.132. The van der Waals surface area contributed by atoms with Gasteiger partial charge < -0.3 is 15.0 Å². The lowest BCUT2D eigenvalue weighted by atomic mass is 10.0. The van der Waals surface area contributed by atoms with E-state index >= 15 is 0 Å². The van der Waals surface area contributed by atoms with E-state index in [-0.39, 0.29) is 11.9 Å². The number of amides is 1. The molecule has 1 saturated heterocycles. The van der Waals surface area contributed by atoms with Crippen LogP contribution < -0.4 is 10.1 Å². The maximum Gasteiger partial charge on any atom is 0.236 e. The molecule has 0 spiro atoms. The minimum absolute atomic E-state index is 0.179. The molecule has 0 radical (unpaired) electrons. The molecule has 2 fully saturated rings.